The Morgan fingerprint density at radius 2 is 2.00 bits per heavy atom. The standard InChI is InChI=1S/C18H19FN2O2/c19-13-1-2-15-14(11-13)16(3-8-20-15)21-9-4-12(5-10-21)18(6-7-18)17(22)23/h1-3,8,11-12H,4-7,9-10H2,(H,22,23). The van der Waals surface area contributed by atoms with Gasteiger partial charge in [0.25, 0.3) is 0 Å². The number of aromatic nitrogens is 1. The van der Waals surface area contributed by atoms with Crippen molar-refractivity contribution in [3.05, 3.63) is 36.3 Å². The van der Waals surface area contributed by atoms with Crippen LogP contribution in [0, 0.1) is 17.2 Å². The SMILES string of the molecule is O=C(O)C1(C2CCN(c3ccnc4ccc(F)cc34)CC2)CC1. The first-order valence-corrected chi connectivity index (χ1v) is 8.13. The number of nitrogens with zero attached hydrogens (tertiary/aromatic N) is 2. The lowest BCUT2D eigenvalue weighted by Crippen LogP contribution is -2.39. The van der Waals surface area contributed by atoms with Crippen LogP contribution in [-0.4, -0.2) is 29.1 Å². The predicted molar refractivity (Wildman–Crippen MR) is 85.9 cm³/mol. The predicted octanol–water partition coefficient (Wildman–Crippen LogP) is 3.46. The molecule has 0 radical (unpaired) electrons. The molecule has 4 nitrogen and oxygen atoms in total. The van der Waals surface area contributed by atoms with Crippen molar-refractivity contribution in [3.8, 4) is 0 Å². The van der Waals surface area contributed by atoms with Crippen LogP contribution in [0.3, 0.4) is 0 Å². The maximum Gasteiger partial charge on any atom is 0.309 e. The van der Waals surface area contributed by atoms with Crippen LogP contribution in [-0.2, 0) is 4.79 Å². The Bertz CT molecular complexity index is 765. The zero-order chi connectivity index (χ0) is 16.0. The molecule has 0 unspecified atom stereocenters. The Hall–Kier alpha value is -2.17. The van der Waals surface area contributed by atoms with E-state index in [1.165, 1.54) is 12.1 Å². The Labute approximate surface area is 133 Å². The Morgan fingerprint density at radius 1 is 1.26 bits per heavy atom. The topological polar surface area (TPSA) is 53.4 Å². The number of fused-ring (bicyclic) bond motifs is 1. The molecule has 2 aromatic rings. The highest BCUT2D eigenvalue weighted by Crippen LogP contribution is 2.55. The molecular weight excluding hydrogens is 295 g/mol. The van der Waals surface area contributed by atoms with E-state index in [2.05, 4.69) is 9.88 Å². The van der Waals surface area contributed by atoms with Gasteiger partial charge in [0.2, 0.25) is 0 Å². The normalized spacial score (nSPS) is 20.7. The number of halogens is 1. The van der Waals surface area contributed by atoms with E-state index >= 15 is 0 Å². The fourth-order valence-electron chi connectivity index (χ4n) is 3.98. The zero-order valence-corrected chi connectivity index (χ0v) is 12.8. The number of piperidine rings is 1. The third-order valence-corrected chi connectivity index (χ3v) is 5.51. The molecule has 1 saturated heterocycles. The highest BCUT2D eigenvalue weighted by molar-refractivity contribution is 5.91. The number of aliphatic carboxylic acids is 1. The largest absolute Gasteiger partial charge is 0.481 e. The number of rotatable bonds is 3. The molecule has 1 aliphatic carbocycles. The molecule has 0 spiro atoms. The summed E-state index contributed by atoms with van der Waals surface area (Å²) in [5.41, 5.74) is 1.32. The van der Waals surface area contributed by atoms with Gasteiger partial charge in [0, 0.05) is 30.4 Å². The molecule has 5 heteroatoms. The van der Waals surface area contributed by atoms with Gasteiger partial charge in [-0.3, -0.25) is 9.78 Å². The van der Waals surface area contributed by atoms with Crippen molar-refractivity contribution in [1.29, 1.82) is 0 Å². The minimum Gasteiger partial charge on any atom is -0.481 e. The van der Waals surface area contributed by atoms with Crippen LogP contribution in [0.15, 0.2) is 30.5 Å². The Balaban J connectivity index is 1.57. The molecule has 0 amide bonds. The van der Waals surface area contributed by atoms with Crippen molar-refractivity contribution in [2.24, 2.45) is 11.3 Å². The molecule has 120 valence electrons. The molecule has 2 fully saturated rings. The van der Waals surface area contributed by atoms with E-state index in [0.29, 0.717) is 0 Å². The molecule has 4 rings (SSSR count). The summed E-state index contributed by atoms with van der Waals surface area (Å²) in [6.45, 7) is 1.63. The van der Waals surface area contributed by atoms with Gasteiger partial charge < -0.3 is 10.0 Å². The minimum atomic E-state index is -0.632. The van der Waals surface area contributed by atoms with E-state index in [0.717, 1.165) is 55.4 Å². The molecule has 2 aliphatic rings. The second-order valence-electron chi connectivity index (χ2n) is 6.71. The van der Waals surface area contributed by atoms with E-state index in [4.69, 9.17) is 0 Å². The molecule has 1 aliphatic heterocycles. The average molecular weight is 314 g/mol. The Morgan fingerprint density at radius 3 is 2.65 bits per heavy atom. The molecular formula is C18H19FN2O2. The van der Waals surface area contributed by atoms with Crippen LogP contribution in [0.5, 0.6) is 0 Å². The summed E-state index contributed by atoms with van der Waals surface area (Å²) in [7, 11) is 0. The smallest absolute Gasteiger partial charge is 0.309 e. The summed E-state index contributed by atoms with van der Waals surface area (Å²) in [6, 6.07) is 6.58. The molecule has 1 aromatic heterocycles. The van der Waals surface area contributed by atoms with Crippen molar-refractivity contribution in [2.75, 3.05) is 18.0 Å². The monoisotopic (exact) mass is 314 g/mol. The number of hydrogen-bond donors (Lipinski definition) is 1. The average Bonchev–Trinajstić information content (AvgIpc) is 3.36. The van der Waals surface area contributed by atoms with Crippen LogP contribution >= 0.6 is 0 Å². The van der Waals surface area contributed by atoms with Crippen molar-refractivity contribution >= 4 is 22.6 Å². The molecule has 2 heterocycles. The third kappa shape index (κ3) is 2.35. The lowest BCUT2D eigenvalue weighted by molar-refractivity contribution is -0.146. The first kappa shape index (κ1) is 14.4. The van der Waals surface area contributed by atoms with Crippen LogP contribution in [0.2, 0.25) is 0 Å². The van der Waals surface area contributed by atoms with Crippen LogP contribution in [0.25, 0.3) is 10.9 Å². The molecule has 1 aromatic carbocycles. The second kappa shape index (κ2) is 5.18. The molecule has 0 bridgehead atoms. The third-order valence-electron chi connectivity index (χ3n) is 5.51. The quantitative estimate of drug-likeness (QED) is 0.942. The highest BCUT2D eigenvalue weighted by Gasteiger charge is 2.56. The first-order chi connectivity index (χ1) is 11.1. The van der Waals surface area contributed by atoms with Gasteiger partial charge in [0.05, 0.1) is 10.9 Å². The minimum absolute atomic E-state index is 0.260. The van der Waals surface area contributed by atoms with Gasteiger partial charge in [0.15, 0.2) is 0 Å². The number of carboxylic acids is 1. The molecule has 1 saturated carbocycles. The summed E-state index contributed by atoms with van der Waals surface area (Å²) in [5.74, 6) is -0.627. The van der Waals surface area contributed by atoms with Crippen molar-refractivity contribution in [2.45, 2.75) is 25.7 Å². The van der Waals surface area contributed by atoms with E-state index < -0.39 is 11.4 Å². The van der Waals surface area contributed by atoms with Crippen LogP contribution in [0.1, 0.15) is 25.7 Å². The summed E-state index contributed by atoms with van der Waals surface area (Å²) in [5, 5.41) is 10.3. The number of anilines is 1. The van der Waals surface area contributed by atoms with Gasteiger partial charge in [0.1, 0.15) is 5.82 Å². The number of carboxylic acid groups (broad SMARTS) is 1. The van der Waals surface area contributed by atoms with E-state index in [-0.39, 0.29) is 11.7 Å². The lowest BCUT2D eigenvalue weighted by atomic mass is 9.81. The van der Waals surface area contributed by atoms with Crippen LogP contribution in [0.4, 0.5) is 10.1 Å². The molecule has 1 N–H and O–H groups in total. The van der Waals surface area contributed by atoms with Gasteiger partial charge in [-0.2, -0.15) is 0 Å². The van der Waals surface area contributed by atoms with Gasteiger partial charge in [-0.25, -0.2) is 4.39 Å². The summed E-state index contributed by atoms with van der Waals surface area (Å²) >= 11 is 0. The van der Waals surface area contributed by atoms with Gasteiger partial charge in [-0.05, 0) is 55.9 Å². The maximum absolute atomic E-state index is 13.6. The molecule has 0 atom stereocenters. The number of pyridine rings is 1. The number of hydrogen-bond acceptors (Lipinski definition) is 3. The van der Waals surface area contributed by atoms with Crippen LogP contribution < -0.4 is 4.90 Å². The first-order valence-electron chi connectivity index (χ1n) is 8.13. The van der Waals surface area contributed by atoms with Gasteiger partial charge >= 0.3 is 5.97 Å². The summed E-state index contributed by atoms with van der Waals surface area (Å²) in [4.78, 5) is 18.0. The number of carbonyl (C=O) groups is 1. The van der Waals surface area contributed by atoms with E-state index in [9.17, 15) is 14.3 Å². The van der Waals surface area contributed by atoms with Gasteiger partial charge in [-0.15, -0.1) is 0 Å². The van der Waals surface area contributed by atoms with Crippen molar-refractivity contribution in [1.82, 2.24) is 4.98 Å². The highest BCUT2D eigenvalue weighted by atomic mass is 19.1. The van der Waals surface area contributed by atoms with Crippen molar-refractivity contribution in [3.63, 3.8) is 0 Å². The maximum atomic E-state index is 13.6. The van der Waals surface area contributed by atoms with Gasteiger partial charge in [-0.1, -0.05) is 0 Å². The zero-order valence-electron chi connectivity index (χ0n) is 12.8. The summed E-state index contributed by atoms with van der Waals surface area (Å²) in [6.07, 6.45) is 5.14. The Kier molecular flexibility index (Phi) is 3.25. The fourth-order valence-corrected chi connectivity index (χ4v) is 3.98. The number of benzene rings is 1. The second-order valence-corrected chi connectivity index (χ2v) is 6.71. The van der Waals surface area contributed by atoms with E-state index in [1.54, 1.807) is 12.3 Å². The fraction of sp³-hybridized carbons (Fsp3) is 0.444. The van der Waals surface area contributed by atoms with Crippen molar-refractivity contribution < 1.29 is 14.3 Å². The lowest BCUT2D eigenvalue weighted by Gasteiger charge is -2.36. The van der Waals surface area contributed by atoms with E-state index in [1.807, 2.05) is 6.07 Å². The summed E-state index contributed by atoms with van der Waals surface area (Å²) < 4.78 is 13.6. The molecule has 23 heavy (non-hydrogen) atoms.